The number of nitro benzene ring substituents is 1. The molecule has 3 aromatic rings. The highest BCUT2D eigenvalue weighted by atomic mass is 16.6. The molecule has 0 N–H and O–H groups in total. The van der Waals surface area contributed by atoms with E-state index in [1.807, 2.05) is 13.8 Å². The molecule has 0 saturated heterocycles. The molecule has 7 nitrogen and oxygen atoms in total. The number of rotatable bonds is 6. The zero-order valence-electron chi connectivity index (χ0n) is 16.5. The van der Waals surface area contributed by atoms with Crippen LogP contribution in [-0.4, -0.2) is 16.9 Å². The van der Waals surface area contributed by atoms with Gasteiger partial charge in [0.15, 0.2) is 5.75 Å². The number of nitrogens with zero attached hydrogens (tertiary/aromatic N) is 2. The molecule has 0 aromatic heterocycles. The Labute approximate surface area is 173 Å². The average molecular weight is 404 g/mol. The normalized spacial score (nSPS) is 11.2. The molecule has 3 rings (SSSR count). The van der Waals surface area contributed by atoms with Gasteiger partial charge in [-0.1, -0.05) is 18.2 Å². The fourth-order valence-electron chi connectivity index (χ4n) is 2.56. The Bertz CT molecular complexity index is 1110. The number of non-ortho nitro benzene ring substituents is 1. The number of nitro groups is 1. The molecule has 0 saturated carbocycles. The fraction of sp³-hybridized carbons (Fsp3) is 0.130. The molecule has 0 spiro atoms. The number of hydrogen-bond acceptors (Lipinski definition) is 6. The summed E-state index contributed by atoms with van der Waals surface area (Å²) in [4.78, 5) is 27.2. The molecule has 0 aliphatic rings. The highest BCUT2D eigenvalue weighted by Crippen LogP contribution is 2.22. The monoisotopic (exact) mass is 404 g/mol. The smallest absolute Gasteiger partial charge is 0.269 e. The Kier molecular flexibility index (Phi) is 6.54. The van der Waals surface area contributed by atoms with Gasteiger partial charge < -0.3 is 9.47 Å². The van der Waals surface area contributed by atoms with E-state index < -0.39 is 4.92 Å². The lowest BCUT2D eigenvalue weighted by molar-refractivity contribution is -0.384. The van der Waals surface area contributed by atoms with E-state index in [4.69, 9.17) is 9.47 Å². The topological polar surface area (TPSA) is 91.0 Å². The Morgan fingerprint density at radius 3 is 2.23 bits per heavy atom. The molecule has 30 heavy (non-hydrogen) atoms. The van der Waals surface area contributed by atoms with Gasteiger partial charge in [-0.25, -0.2) is 4.99 Å². The first-order valence-electron chi connectivity index (χ1n) is 9.30. The SMILES string of the molecule is CC(C)Oc1ccc(N=C(Oc2cccccc2=O)c2ccc([N+](=O)[O-])cc2)cc1. The summed E-state index contributed by atoms with van der Waals surface area (Å²) in [6.07, 6.45) is 0.0488. The zero-order chi connectivity index (χ0) is 21.5. The molecule has 0 unspecified atom stereocenters. The summed E-state index contributed by atoms with van der Waals surface area (Å²) < 4.78 is 11.5. The van der Waals surface area contributed by atoms with E-state index in [2.05, 4.69) is 4.99 Å². The van der Waals surface area contributed by atoms with Crippen molar-refractivity contribution in [2.75, 3.05) is 0 Å². The van der Waals surface area contributed by atoms with Crippen molar-refractivity contribution in [2.24, 2.45) is 4.99 Å². The average Bonchev–Trinajstić information content (AvgIpc) is 2.93. The van der Waals surface area contributed by atoms with Crippen LogP contribution in [0.2, 0.25) is 0 Å². The van der Waals surface area contributed by atoms with Crippen molar-refractivity contribution in [3.8, 4) is 11.5 Å². The van der Waals surface area contributed by atoms with Gasteiger partial charge in [0.2, 0.25) is 11.3 Å². The number of ether oxygens (including phenoxy) is 2. The van der Waals surface area contributed by atoms with Gasteiger partial charge in [0, 0.05) is 17.7 Å². The molecule has 0 aliphatic heterocycles. The van der Waals surface area contributed by atoms with Crippen LogP contribution in [0.25, 0.3) is 0 Å². The van der Waals surface area contributed by atoms with Crippen LogP contribution in [0.5, 0.6) is 11.5 Å². The number of hydrogen-bond donors (Lipinski definition) is 0. The minimum absolute atomic E-state index is 0.0488. The maximum absolute atomic E-state index is 12.2. The molecular formula is C23H20N2O5. The van der Waals surface area contributed by atoms with E-state index in [1.54, 1.807) is 48.5 Å². The van der Waals surface area contributed by atoms with Crippen LogP contribution in [-0.2, 0) is 0 Å². The van der Waals surface area contributed by atoms with Crippen molar-refractivity contribution in [3.05, 3.63) is 105 Å². The maximum atomic E-state index is 12.2. The van der Waals surface area contributed by atoms with Crippen LogP contribution < -0.4 is 14.9 Å². The van der Waals surface area contributed by atoms with Crippen LogP contribution in [0.3, 0.4) is 0 Å². The summed E-state index contributed by atoms with van der Waals surface area (Å²) >= 11 is 0. The van der Waals surface area contributed by atoms with Crippen LogP contribution in [0.1, 0.15) is 19.4 Å². The van der Waals surface area contributed by atoms with E-state index in [-0.39, 0.29) is 28.9 Å². The van der Waals surface area contributed by atoms with Crippen LogP contribution in [0.15, 0.2) is 88.6 Å². The minimum atomic E-state index is -0.484. The zero-order valence-corrected chi connectivity index (χ0v) is 16.5. The summed E-state index contributed by atoms with van der Waals surface area (Å²) in [6, 6.07) is 20.8. The molecule has 0 amide bonds. The van der Waals surface area contributed by atoms with Gasteiger partial charge in [-0.3, -0.25) is 14.9 Å². The molecule has 0 fully saturated rings. The first-order chi connectivity index (χ1) is 14.4. The quantitative estimate of drug-likeness (QED) is 0.252. The molecule has 0 radical (unpaired) electrons. The predicted octanol–water partition coefficient (Wildman–Crippen LogP) is 4.90. The minimum Gasteiger partial charge on any atom is -0.491 e. The van der Waals surface area contributed by atoms with Gasteiger partial charge in [-0.05, 0) is 62.4 Å². The van der Waals surface area contributed by atoms with Gasteiger partial charge in [0.1, 0.15) is 5.75 Å². The Morgan fingerprint density at radius 1 is 0.933 bits per heavy atom. The van der Waals surface area contributed by atoms with E-state index in [9.17, 15) is 14.9 Å². The Hall–Kier alpha value is -4.00. The van der Waals surface area contributed by atoms with Crippen LogP contribution >= 0.6 is 0 Å². The second-order valence-electron chi connectivity index (χ2n) is 6.62. The summed E-state index contributed by atoms with van der Waals surface area (Å²) in [7, 11) is 0. The summed E-state index contributed by atoms with van der Waals surface area (Å²) in [5.74, 6) is 0.946. The van der Waals surface area contributed by atoms with Crippen molar-refractivity contribution >= 4 is 17.3 Å². The number of benzene rings is 2. The van der Waals surface area contributed by atoms with Gasteiger partial charge in [0.25, 0.3) is 5.69 Å². The molecule has 0 heterocycles. The maximum Gasteiger partial charge on any atom is 0.269 e. The lowest BCUT2D eigenvalue weighted by Gasteiger charge is -2.10. The highest BCUT2D eigenvalue weighted by Gasteiger charge is 2.12. The van der Waals surface area contributed by atoms with Crippen LogP contribution in [0.4, 0.5) is 11.4 Å². The molecule has 7 heteroatoms. The fourth-order valence-corrected chi connectivity index (χ4v) is 2.56. The first-order valence-corrected chi connectivity index (χ1v) is 9.30. The molecule has 3 aromatic carbocycles. The Morgan fingerprint density at radius 2 is 1.60 bits per heavy atom. The second-order valence-corrected chi connectivity index (χ2v) is 6.62. The van der Waals surface area contributed by atoms with Crippen molar-refractivity contribution in [2.45, 2.75) is 20.0 Å². The molecular weight excluding hydrogens is 384 g/mol. The largest absolute Gasteiger partial charge is 0.491 e. The molecule has 0 atom stereocenters. The Balaban J connectivity index is 2.00. The van der Waals surface area contributed by atoms with E-state index in [0.29, 0.717) is 17.0 Å². The van der Waals surface area contributed by atoms with E-state index in [0.717, 1.165) is 0 Å². The van der Waals surface area contributed by atoms with Gasteiger partial charge >= 0.3 is 0 Å². The summed E-state index contributed by atoms with van der Waals surface area (Å²) in [5.41, 5.74) is 0.709. The van der Waals surface area contributed by atoms with Gasteiger partial charge in [-0.15, -0.1) is 0 Å². The highest BCUT2D eigenvalue weighted by molar-refractivity contribution is 5.97. The predicted molar refractivity (Wildman–Crippen MR) is 115 cm³/mol. The third-order valence-corrected chi connectivity index (χ3v) is 3.93. The van der Waals surface area contributed by atoms with E-state index in [1.165, 1.54) is 30.3 Å². The summed E-state index contributed by atoms with van der Waals surface area (Å²) in [5, 5.41) is 10.9. The molecule has 152 valence electrons. The number of aliphatic imine (C=N–C) groups is 1. The van der Waals surface area contributed by atoms with Crippen LogP contribution in [0, 0.1) is 10.1 Å². The molecule has 0 aliphatic carbocycles. The van der Waals surface area contributed by atoms with Crippen molar-refractivity contribution < 1.29 is 14.4 Å². The van der Waals surface area contributed by atoms with Crippen molar-refractivity contribution in [1.29, 1.82) is 0 Å². The lowest BCUT2D eigenvalue weighted by atomic mass is 10.2. The van der Waals surface area contributed by atoms with Gasteiger partial charge in [-0.2, -0.15) is 0 Å². The summed E-state index contributed by atoms with van der Waals surface area (Å²) in [6.45, 7) is 3.87. The standard InChI is InChI=1S/C23H20N2O5/c1-16(2)29-20-14-10-18(11-15-20)24-23(17-8-12-19(13-9-17)25(27)28)30-22-7-5-3-4-6-21(22)26/h3-16H,1-2H3. The van der Waals surface area contributed by atoms with E-state index >= 15 is 0 Å². The first kappa shape index (κ1) is 20.7. The van der Waals surface area contributed by atoms with Crippen molar-refractivity contribution in [1.82, 2.24) is 0 Å². The lowest BCUT2D eigenvalue weighted by Crippen LogP contribution is -2.14. The second kappa shape index (κ2) is 9.47. The molecule has 0 bridgehead atoms. The van der Waals surface area contributed by atoms with Gasteiger partial charge in [0.05, 0.1) is 16.7 Å². The van der Waals surface area contributed by atoms with Crippen molar-refractivity contribution in [3.63, 3.8) is 0 Å². The third kappa shape index (κ3) is 5.51. The third-order valence-electron chi connectivity index (χ3n) is 3.93.